The summed E-state index contributed by atoms with van der Waals surface area (Å²) >= 11 is 5.36. The Bertz CT molecular complexity index is 992. The summed E-state index contributed by atoms with van der Waals surface area (Å²) in [5, 5.41) is 4.06. The number of furan rings is 1. The molecule has 0 saturated carbocycles. The predicted molar refractivity (Wildman–Crippen MR) is 79.1 cm³/mol. The predicted octanol–water partition coefficient (Wildman–Crippen LogP) is 5.37. The fourth-order valence-electron chi connectivity index (χ4n) is 2.57. The zero-order chi connectivity index (χ0) is 13.0. The van der Waals surface area contributed by atoms with E-state index in [-0.39, 0.29) is 0 Å². The van der Waals surface area contributed by atoms with E-state index >= 15 is 0 Å². The number of rotatable bonds is 0. The molecule has 0 unspecified atom stereocenters. The highest BCUT2D eigenvalue weighted by atomic mass is 32.1. The molecule has 0 aliphatic carbocycles. The van der Waals surface area contributed by atoms with Crippen molar-refractivity contribution in [1.82, 2.24) is 0 Å². The molecule has 92 valence electrons. The van der Waals surface area contributed by atoms with Crippen LogP contribution in [0.2, 0.25) is 0 Å². The molecule has 4 aromatic rings. The second-order valence-corrected chi connectivity index (χ2v) is 5.05. The maximum Gasteiger partial charge on any atom is 0.202 e. The average Bonchev–Trinajstić information content (AvgIpc) is 2.82. The molecule has 0 aliphatic rings. The van der Waals surface area contributed by atoms with Crippen molar-refractivity contribution >= 4 is 44.9 Å². The second kappa shape index (κ2) is 3.68. The largest absolute Gasteiger partial charge is 0.463 e. The van der Waals surface area contributed by atoms with Gasteiger partial charge in [0.1, 0.15) is 11.2 Å². The molecule has 0 bridgehead atoms. The Kier molecular flexibility index (Phi) is 2.09. The first-order chi connectivity index (χ1) is 9.25. The molecule has 0 N–H and O–H groups in total. The Morgan fingerprint density at radius 2 is 1.79 bits per heavy atom. The lowest BCUT2D eigenvalue weighted by Gasteiger charge is -2.03. The first-order valence-electron chi connectivity index (χ1n) is 6.08. The molecular weight excluding hydrogens is 256 g/mol. The van der Waals surface area contributed by atoms with Gasteiger partial charge >= 0.3 is 0 Å². The van der Waals surface area contributed by atoms with E-state index in [2.05, 4.69) is 12.1 Å². The number of fused-ring (bicyclic) bond motifs is 5. The molecule has 2 aromatic heterocycles. The van der Waals surface area contributed by atoms with Gasteiger partial charge in [-0.25, -0.2) is 0 Å². The number of hydrogen-bond acceptors (Lipinski definition) is 3. The molecule has 4 rings (SSSR count). The molecule has 2 heterocycles. The fraction of sp³-hybridized carbons (Fsp3) is 0.0625. The Morgan fingerprint density at radius 1 is 0.947 bits per heavy atom. The van der Waals surface area contributed by atoms with Crippen LogP contribution in [0.1, 0.15) is 5.56 Å². The van der Waals surface area contributed by atoms with Crippen molar-refractivity contribution in [3.8, 4) is 0 Å². The monoisotopic (exact) mass is 266 g/mol. The Hall–Kier alpha value is -2.13. The molecule has 2 aromatic carbocycles. The van der Waals surface area contributed by atoms with Gasteiger partial charge in [0.05, 0.1) is 17.0 Å². The summed E-state index contributed by atoms with van der Waals surface area (Å²) in [6.07, 6.45) is 1.73. The molecular formula is C16H10O2S. The highest BCUT2D eigenvalue weighted by molar-refractivity contribution is 7.71. The third-order valence-electron chi connectivity index (χ3n) is 3.50. The molecule has 0 saturated heterocycles. The third-order valence-corrected chi connectivity index (χ3v) is 3.79. The summed E-state index contributed by atoms with van der Waals surface area (Å²) in [7, 11) is 0. The molecule has 0 spiro atoms. The van der Waals surface area contributed by atoms with E-state index in [1.807, 2.05) is 31.2 Å². The lowest BCUT2D eigenvalue weighted by molar-refractivity contribution is 0.588. The minimum Gasteiger partial charge on any atom is -0.463 e. The first-order valence-corrected chi connectivity index (χ1v) is 6.49. The Morgan fingerprint density at radius 3 is 2.68 bits per heavy atom. The quantitative estimate of drug-likeness (QED) is 0.316. The summed E-state index contributed by atoms with van der Waals surface area (Å²) in [6.45, 7) is 1.98. The average molecular weight is 266 g/mol. The summed E-state index contributed by atoms with van der Waals surface area (Å²) in [4.78, 5) is 0. The van der Waals surface area contributed by atoms with Crippen molar-refractivity contribution in [2.24, 2.45) is 0 Å². The molecule has 0 radical (unpaired) electrons. The summed E-state index contributed by atoms with van der Waals surface area (Å²) < 4.78 is 12.0. The lowest BCUT2D eigenvalue weighted by Crippen LogP contribution is -1.80. The zero-order valence-corrected chi connectivity index (χ0v) is 11.1. The Balaban J connectivity index is 2.37. The minimum atomic E-state index is 0.491. The van der Waals surface area contributed by atoms with Crippen LogP contribution in [0.5, 0.6) is 0 Å². The van der Waals surface area contributed by atoms with Crippen LogP contribution in [-0.4, -0.2) is 0 Å². The normalized spacial score (nSPS) is 11.6. The van der Waals surface area contributed by atoms with Crippen LogP contribution >= 0.6 is 12.2 Å². The van der Waals surface area contributed by atoms with Crippen LogP contribution in [0.3, 0.4) is 0 Å². The summed E-state index contributed by atoms with van der Waals surface area (Å²) in [5.74, 6) is 0. The molecule has 0 fully saturated rings. The van der Waals surface area contributed by atoms with Crippen molar-refractivity contribution < 1.29 is 8.83 Å². The van der Waals surface area contributed by atoms with Gasteiger partial charge in [-0.2, -0.15) is 0 Å². The fourth-order valence-corrected chi connectivity index (χ4v) is 2.91. The molecule has 19 heavy (non-hydrogen) atoms. The van der Waals surface area contributed by atoms with Crippen LogP contribution in [0.15, 0.2) is 51.5 Å². The van der Waals surface area contributed by atoms with Gasteiger partial charge in [0.2, 0.25) is 4.71 Å². The third kappa shape index (κ3) is 1.39. The van der Waals surface area contributed by atoms with Gasteiger partial charge in [-0.3, -0.25) is 0 Å². The smallest absolute Gasteiger partial charge is 0.202 e. The van der Waals surface area contributed by atoms with Gasteiger partial charge in [0, 0.05) is 5.39 Å². The van der Waals surface area contributed by atoms with E-state index in [0.717, 1.165) is 38.3 Å². The van der Waals surface area contributed by atoms with E-state index in [0.29, 0.717) is 4.71 Å². The highest BCUT2D eigenvalue weighted by Gasteiger charge is 2.12. The van der Waals surface area contributed by atoms with Crippen LogP contribution in [0, 0.1) is 11.6 Å². The number of aryl methyl sites for hydroxylation is 1. The van der Waals surface area contributed by atoms with Crippen LogP contribution in [0.25, 0.3) is 32.7 Å². The van der Waals surface area contributed by atoms with E-state index in [1.165, 1.54) is 0 Å². The van der Waals surface area contributed by atoms with Gasteiger partial charge in [-0.05, 0) is 36.2 Å². The number of hydrogen-bond donors (Lipinski definition) is 0. The maximum absolute atomic E-state index is 5.88. The standard InChI is InChI=1S/C16H10O2S/c1-9-8-17-15-12-7-6-10-4-2-3-5-11(10)14(12)18-16(19)13(9)15/h2-8H,1H3. The summed E-state index contributed by atoms with van der Waals surface area (Å²) in [6, 6.07) is 12.2. The van der Waals surface area contributed by atoms with Crippen molar-refractivity contribution in [2.45, 2.75) is 6.92 Å². The molecule has 0 aliphatic heterocycles. The van der Waals surface area contributed by atoms with Crippen molar-refractivity contribution in [3.05, 3.63) is 52.9 Å². The molecule has 0 atom stereocenters. The van der Waals surface area contributed by atoms with Crippen LogP contribution in [0.4, 0.5) is 0 Å². The Labute approximate surface area is 114 Å². The van der Waals surface area contributed by atoms with Crippen molar-refractivity contribution in [3.63, 3.8) is 0 Å². The number of benzene rings is 2. The van der Waals surface area contributed by atoms with Gasteiger partial charge in [-0.15, -0.1) is 0 Å². The zero-order valence-electron chi connectivity index (χ0n) is 10.3. The van der Waals surface area contributed by atoms with Crippen molar-refractivity contribution in [2.75, 3.05) is 0 Å². The van der Waals surface area contributed by atoms with Gasteiger partial charge < -0.3 is 8.83 Å². The molecule has 2 nitrogen and oxygen atoms in total. The van der Waals surface area contributed by atoms with Gasteiger partial charge in [0.15, 0.2) is 0 Å². The van der Waals surface area contributed by atoms with E-state index in [4.69, 9.17) is 21.1 Å². The van der Waals surface area contributed by atoms with E-state index in [9.17, 15) is 0 Å². The topological polar surface area (TPSA) is 26.3 Å². The van der Waals surface area contributed by atoms with Gasteiger partial charge in [0.25, 0.3) is 0 Å². The van der Waals surface area contributed by atoms with Crippen LogP contribution in [-0.2, 0) is 0 Å². The molecule has 3 heteroatoms. The highest BCUT2D eigenvalue weighted by Crippen LogP contribution is 2.34. The molecule has 0 amide bonds. The summed E-state index contributed by atoms with van der Waals surface area (Å²) in [5.41, 5.74) is 2.62. The maximum atomic E-state index is 5.88. The SMILES string of the molecule is Cc1coc2c1c(=S)oc1c3ccccc3ccc21. The second-order valence-electron chi connectivity index (χ2n) is 4.68. The first kappa shape index (κ1) is 10.8. The van der Waals surface area contributed by atoms with E-state index < -0.39 is 0 Å². The van der Waals surface area contributed by atoms with Gasteiger partial charge in [-0.1, -0.05) is 30.3 Å². The van der Waals surface area contributed by atoms with Crippen LogP contribution < -0.4 is 0 Å². The van der Waals surface area contributed by atoms with E-state index in [1.54, 1.807) is 6.26 Å². The van der Waals surface area contributed by atoms with Crippen molar-refractivity contribution in [1.29, 1.82) is 0 Å². The lowest BCUT2D eigenvalue weighted by atomic mass is 10.1. The minimum absolute atomic E-state index is 0.491.